The first kappa shape index (κ1) is 19.4. The van der Waals surface area contributed by atoms with Gasteiger partial charge in [0.1, 0.15) is 5.82 Å². The molecule has 1 heterocycles. The summed E-state index contributed by atoms with van der Waals surface area (Å²) in [5.41, 5.74) is 3.65. The van der Waals surface area contributed by atoms with E-state index >= 15 is 0 Å². The molecular formula is C24H23N5O. The second-order valence-corrected chi connectivity index (χ2v) is 6.96. The summed E-state index contributed by atoms with van der Waals surface area (Å²) in [6.45, 7) is 2.25. The van der Waals surface area contributed by atoms with Crippen molar-refractivity contribution in [2.75, 3.05) is 22.5 Å². The Labute approximate surface area is 175 Å². The smallest absolute Gasteiger partial charge is 0.229 e. The van der Waals surface area contributed by atoms with E-state index in [1.165, 1.54) is 12.5 Å². The fourth-order valence-corrected chi connectivity index (χ4v) is 3.24. The molecule has 6 nitrogen and oxygen atoms in total. The number of carbonyl (C=O) groups excluding carboxylic acids is 1. The molecule has 0 radical (unpaired) electrons. The zero-order valence-corrected chi connectivity index (χ0v) is 16.7. The van der Waals surface area contributed by atoms with E-state index in [2.05, 4.69) is 33.1 Å². The van der Waals surface area contributed by atoms with Gasteiger partial charge in [-0.2, -0.15) is 4.98 Å². The molecule has 150 valence electrons. The lowest BCUT2D eigenvalue weighted by Crippen LogP contribution is -2.09. The summed E-state index contributed by atoms with van der Waals surface area (Å²) in [6.07, 6.45) is 0.903. The summed E-state index contributed by atoms with van der Waals surface area (Å²) < 4.78 is 0. The van der Waals surface area contributed by atoms with Crippen molar-refractivity contribution in [1.82, 2.24) is 9.97 Å². The molecule has 4 aromatic rings. The molecule has 30 heavy (non-hydrogen) atoms. The number of anilines is 4. The van der Waals surface area contributed by atoms with E-state index in [9.17, 15) is 4.79 Å². The molecule has 0 saturated carbocycles. The van der Waals surface area contributed by atoms with Gasteiger partial charge in [0.2, 0.25) is 11.9 Å². The van der Waals surface area contributed by atoms with Crippen LogP contribution in [0.15, 0.2) is 78.9 Å². The second kappa shape index (κ2) is 9.05. The van der Waals surface area contributed by atoms with Crippen molar-refractivity contribution >= 4 is 40.0 Å². The maximum Gasteiger partial charge on any atom is 0.229 e. The highest BCUT2D eigenvalue weighted by atomic mass is 16.1. The maximum atomic E-state index is 11.3. The third-order valence-electron chi connectivity index (χ3n) is 4.59. The minimum atomic E-state index is -0.112. The largest absolute Gasteiger partial charge is 0.369 e. The maximum absolute atomic E-state index is 11.3. The van der Waals surface area contributed by atoms with E-state index in [1.54, 1.807) is 0 Å². The first-order chi connectivity index (χ1) is 14.7. The summed E-state index contributed by atoms with van der Waals surface area (Å²) in [6, 6.07) is 25.8. The van der Waals surface area contributed by atoms with Crippen LogP contribution in [0.4, 0.5) is 23.1 Å². The van der Waals surface area contributed by atoms with Crippen molar-refractivity contribution in [3.8, 4) is 0 Å². The van der Waals surface area contributed by atoms with Gasteiger partial charge in [-0.25, -0.2) is 4.98 Å². The van der Waals surface area contributed by atoms with Crippen molar-refractivity contribution in [1.29, 1.82) is 0 Å². The Morgan fingerprint density at radius 2 is 1.63 bits per heavy atom. The molecule has 0 atom stereocenters. The van der Waals surface area contributed by atoms with Gasteiger partial charge in [0.15, 0.2) is 0 Å². The van der Waals surface area contributed by atoms with Crippen LogP contribution < -0.4 is 16.0 Å². The Balaban J connectivity index is 1.56. The van der Waals surface area contributed by atoms with Crippen LogP contribution in [-0.2, 0) is 11.2 Å². The van der Waals surface area contributed by atoms with Gasteiger partial charge in [-0.1, -0.05) is 48.5 Å². The first-order valence-electron chi connectivity index (χ1n) is 9.87. The normalized spacial score (nSPS) is 10.6. The quantitative estimate of drug-likeness (QED) is 0.410. The van der Waals surface area contributed by atoms with Gasteiger partial charge in [0, 0.05) is 30.2 Å². The van der Waals surface area contributed by atoms with E-state index in [1.807, 2.05) is 66.7 Å². The number of amides is 1. The highest BCUT2D eigenvalue weighted by molar-refractivity contribution is 5.91. The Morgan fingerprint density at radius 1 is 0.867 bits per heavy atom. The van der Waals surface area contributed by atoms with E-state index in [-0.39, 0.29) is 5.91 Å². The number of rotatable bonds is 7. The molecule has 0 bridgehead atoms. The molecule has 0 spiro atoms. The highest BCUT2D eigenvalue weighted by Gasteiger charge is 2.08. The Bertz CT molecular complexity index is 1160. The minimum absolute atomic E-state index is 0.112. The summed E-state index contributed by atoms with van der Waals surface area (Å²) in [5, 5.41) is 10.5. The Morgan fingerprint density at radius 3 is 2.47 bits per heavy atom. The second-order valence-electron chi connectivity index (χ2n) is 6.96. The third kappa shape index (κ3) is 4.91. The number of nitrogens with one attached hydrogen (secondary N) is 3. The van der Waals surface area contributed by atoms with Crippen LogP contribution in [0.2, 0.25) is 0 Å². The molecule has 0 saturated heterocycles. The zero-order chi connectivity index (χ0) is 20.8. The molecule has 3 aromatic carbocycles. The number of hydrogen-bond acceptors (Lipinski definition) is 5. The van der Waals surface area contributed by atoms with E-state index in [0.717, 1.165) is 41.1 Å². The predicted molar refractivity (Wildman–Crippen MR) is 122 cm³/mol. The lowest BCUT2D eigenvalue weighted by atomic mass is 10.1. The molecule has 0 aliphatic rings. The number of aromatic nitrogens is 2. The molecular weight excluding hydrogens is 374 g/mol. The van der Waals surface area contributed by atoms with Gasteiger partial charge in [-0.3, -0.25) is 4.79 Å². The van der Waals surface area contributed by atoms with Gasteiger partial charge in [-0.05, 0) is 42.3 Å². The third-order valence-corrected chi connectivity index (χ3v) is 4.59. The van der Waals surface area contributed by atoms with Crippen LogP contribution in [0, 0.1) is 0 Å². The average molecular weight is 397 g/mol. The van der Waals surface area contributed by atoms with Crippen LogP contribution in [0.3, 0.4) is 0 Å². The number of benzene rings is 3. The SMILES string of the molecule is CC(=O)Nc1cccc(Nc2nc(NCCc3ccccc3)c3ccccc3n2)c1. The molecule has 6 heteroatoms. The van der Waals surface area contributed by atoms with E-state index < -0.39 is 0 Å². The topological polar surface area (TPSA) is 78.9 Å². The van der Waals surface area contributed by atoms with Crippen LogP contribution >= 0.6 is 0 Å². The van der Waals surface area contributed by atoms with E-state index in [0.29, 0.717) is 5.95 Å². The van der Waals surface area contributed by atoms with E-state index in [4.69, 9.17) is 4.98 Å². The summed E-state index contributed by atoms with van der Waals surface area (Å²) in [4.78, 5) is 20.6. The van der Waals surface area contributed by atoms with Crippen LogP contribution in [0.25, 0.3) is 10.9 Å². The molecule has 1 aromatic heterocycles. The number of carbonyl (C=O) groups is 1. The average Bonchev–Trinajstić information content (AvgIpc) is 2.74. The van der Waals surface area contributed by atoms with Crippen LogP contribution in [-0.4, -0.2) is 22.4 Å². The lowest BCUT2D eigenvalue weighted by molar-refractivity contribution is -0.114. The van der Waals surface area contributed by atoms with Crippen molar-refractivity contribution in [2.24, 2.45) is 0 Å². The number of nitrogens with zero attached hydrogens (tertiary/aromatic N) is 2. The summed E-state index contributed by atoms with van der Waals surface area (Å²) in [5.74, 6) is 1.17. The Hall–Kier alpha value is -3.93. The van der Waals surface area contributed by atoms with Crippen LogP contribution in [0.5, 0.6) is 0 Å². The fraction of sp³-hybridized carbons (Fsp3) is 0.125. The van der Waals surface area contributed by atoms with Gasteiger partial charge >= 0.3 is 0 Å². The molecule has 1 amide bonds. The van der Waals surface area contributed by atoms with Gasteiger partial charge in [-0.15, -0.1) is 0 Å². The minimum Gasteiger partial charge on any atom is -0.369 e. The zero-order valence-electron chi connectivity index (χ0n) is 16.7. The van der Waals surface area contributed by atoms with Crippen molar-refractivity contribution in [3.05, 3.63) is 84.4 Å². The fourth-order valence-electron chi connectivity index (χ4n) is 3.24. The van der Waals surface area contributed by atoms with Crippen molar-refractivity contribution < 1.29 is 4.79 Å². The summed E-state index contributed by atoms with van der Waals surface area (Å²) >= 11 is 0. The summed E-state index contributed by atoms with van der Waals surface area (Å²) in [7, 11) is 0. The first-order valence-corrected chi connectivity index (χ1v) is 9.87. The number of fused-ring (bicyclic) bond motifs is 1. The standard InChI is InChI=1S/C24H23N5O/c1-17(30)26-19-10-7-11-20(16-19)27-24-28-22-13-6-5-12-21(22)23(29-24)25-15-14-18-8-3-2-4-9-18/h2-13,16H,14-15H2,1H3,(H,26,30)(H2,25,27,28,29). The van der Waals surface area contributed by atoms with Crippen molar-refractivity contribution in [3.63, 3.8) is 0 Å². The van der Waals surface area contributed by atoms with Crippen molar-refractivity contribution in [2.45, 2.75) is 13.3 Å². The molecule has 0 fully saturated rings. The molecule has 0 aliphatic carbocycles. The highest BCUT2D eigenvalue weighted by Crippen LogP contribution is 2.24. The monoisotopic (exact) mass is 397 g/mol. The molecule has 0 unspecified atom stereocenters. The van der Waals surface area contributed by atoms with Gasteiger partial charge in [0.25, 0.3) is 0 Å². The van der Waals surface area contributed by atoms with Crippen LogP contribution in [0.1, 0.15) is 12.5 Å². The van der Waals surface area contributed by atoms with Gasteiger partial charge in [0.05, 0.1) is 5.52 Å². The molecule has 0 aliphatic heterocycles. The Kier molecular flexibility index (Phi) is 5.85. The molecule has 4 rings (SSSR count). The predicted octanol–water partition coefficient (Wildman–Crippen LogP) is 4.99. The lowest BCUT2D eigenvalue weighted by Gasteiger charge is -2.12. The number of hydrogen-bond donors (Lipinski definition) is 3. The van der Waals surface area contributed by atoms with Gasteiger partial charge < -0.3 is 16.0 Å². The molecule has 3 N–H and O–H groups in total. The number of para-hydroxylation sites is 1.